The quantitative estimate of drug-likeness (QED) is 0.872. The van der Waals surface area contributed by atoms with Gasteiger partial charge in [-0.2, -0.15) is 0 Å². The average molecular weight is 230 g/mol. The van der Waals surface area contributed by atoms with E-state index in [1.165, 1.54) is 11.1 Å². The molecule has 0 amide bonds. The Labute approximate surface area is 102 Å². The van der Waals surface area contributed by atoms with Crippen molar-refractivity contribution in [2.24, 2.45) is 0 Å². The standard InChI is InChI=1S/C13H18N4/c1-4-17-8-12(16-9-17)13(14-3)11-5-6-15-7-10(11)2/h5-9,13-14H,4H2,1-3H3. The van der Waals surface area contributed by atoms with Crippen LogP contribution in [0.1, 0.15) is 29.8 Å². The van der Waals surface area contributed by atoms with Crippen LogP contribution in [0.25, 0.3) is 0 Å². The van der Waals surface area contributed by atoms with Crippen LogP contribution >= 0.6 is 0 Å². The first-order valence-corrected chi connectivity index (χ1v) is 5.85. The fourth-order valence-electron chi connectivity index (χ4n) is 1.97. The smallest absolute Gasteiger partial charge is 0.0950 e. The lowest BCUT2D eigenvalue weighted by Crippen LogP contribution is -2.19. The predicted octanol–water partition coefficient (Wildman–Crippen LogP) is 1.92. The molecule has 0 aliphatic rings. The Morgan fingerprint density at radius 3 is 2.88 bits per heavy atom. The molecule has 1 N–H and O–H groups in total. The van der Waals surface area contributed by atoms with Gasteiger partial charge in [-0.1, -0.05) is 0 Å². The summed E-state index contributed by atoms with van der Waals surface area (Å²) in [5.74, 6) is 0. The van der Waals surface area contributed by atoms with Gasteiger partial charge in [-0.05, 0) is 38.1 Å². The van der Waals surface area contributed by atoms with Gasteiger partial charge in [0, 0.05) is 25.1 Å². The Bertz CT molecular complexity index is 490. The number of aromatic nitrogens is 3. The van der Waals surface area contributed by atoms with Crippen molar-refractivity contribution < 1.29 is 0 Å². The summed E-state index contributed by atoms with van der Waals surface area (Å²) in [5.41, 5.74) is 3.45. The lowest BCUT2D eigenvalue weighted by atomic mass is 10.0. The number of rotatable bonds is 4. The Morgan fingerprint density at radius 2 is 2.29 bits per heavy atom. The first-order chi connectivity index (χ1) is 8.26. The third-order valence-corrected chi connectivity index (χ3v) is 2.98. The van der Waals surface area contributed by atoms with Crippen molar-refractivity contribution in [3.63, 3.8) is 0 Å². The van der Waals surface area contributed by atoms with E-state index in [2.05, 4.69) is 39.9 Å². The molecule has 0 bridgehead atoms. The lowest BCUT2D eigenvalue weighted by molar-refractivity contribution is 0.667. The van der Waals surface area contributed by atoms with Gasteiger partial charge < -0.3 is 9.88 Å². The van der Waals surface area contributed by atoms with Gasteiger partial charge in [0.15, 0.2) is 0 Å². The molecule has 0 saturated carbocycles. The molecular weight excluding hydrogens is 212 g/mol. The van der Waals surface area contributed by atoms with Crippen LogP contribution in [0.5, 0.6) is 0 Å². The molecule has 2 aromatic heterocycles. The first kappa shape index (κ1) is 11.8. The number of imidazole rings is 1. The van der Waals surface area contributed by atoms with E-state index in [4.69, 9.17) is 0 Å². The Morgan fingerprint density at radius 1 is 1.47 bits per heavy atom. The molecule has 2 aromatic rings. The van der Waals surface area contributed by atoms with Crippen LogP contribution in [0.4, 0.5) is 0 Å². The highest BCUT2D eigenvalue weighted by Crippen LogP contribution is 2.22. The van der Waals surface area contributed by atoms with Gasteiger partial charge in [0.05, 0.1) is 18.1 Å². The fraction of sp³-hybridized carbons (Fsp3) is 0.385. The van der Waals surface area contributed by atoms with Crippen molar-refractivity contribution in [1.29, 1.82) is 0 Å². The second kappa shape index (κ2) is 5.10. The van der Waals surface area contributed by atoms with Crippen molar-refractivity contribution >= 4 is 0 Å². The van der Waals surface area contributed by atoms with Gasteiger partial charge in [-0.25, -0.2) is 4.98 Å². The molecule has 0 aliphatic heterocycles. The predicted molar refractivity (Wildman–Crippen MR) is 67.8 cm³/mol. The zero-order valence-electron chi connectivity index (χ0n) is 10.5. The highest BCUT2D eigenvalue weighted by Gasteiger charge is 2.16. The number of aryl methyl sites for hydroxylation is 2. The summed E-state index contributed by atoms with van der Waals surface area (Å²) in [6.07, 6.45) is 7.66. The number of nitrogens with zero attached hydrogens (tertiary/aromatic N) is 3. The largest absolute Gasteiger partial charge is 0.337 e. The summed E-state index contributed by atoms with van der Waals surface area (Å²) in [4.78, 5) is 8.58. The second-order valence-corrected chi connectivity index (χ2v) is 4.08. The second-order valence-electron chi connectivity index (χ2n) is 4.08. The molecule has 0 radical (unpaired) electrons. The van der Waals surface area contributed by atoms with Crippen LogP contribution < -0.4 is 5.32 Å². The van der Waals surface area contributed by atoms with Crippen LogP contribution in [0.15, 0.2) is 31.0 Å². The molecule has 90 valence electrons. The van der Waals surface area contributed by atoms with Crippen molar-refractivity contribution in [3.05, 3.63) is 47.8 Å². The van der Waals surface area contributed by atoms with Crippen LogP contribution in [-0.4, -0.2) is 21.6 Å². The summed E-state index contributed by atoms with van der Waals surface area (Å²) in [5, 5.41) is 3.31. The zero-order chi connectivity index (χ0) is 12.3. The topological polar surface area (TPSA) is 42.7 Å². The maximum Gasteiger partial charge on any atom is 0.0950 e. The molecule has 0 fully saturated rings. The van der Waals surface area contributed by atoms with Crippen molar-refractivity contribution in [3.8, 4) is 0 Å². The molecule has 0 aromatic carbocycles. The minimum Gasteiger partial charge on any atom is -0.337 e. The highest BCUT2D eigenvalue weighted by atomic mass is 15.0. The molecule has 2 heterocycles. The van der Waals surface area contributed by atoms with Gasteiger partial charge in [0.25, 0.3) is 0 Å². The third kappa shape index (κ3) is 2.36. The van der Waals surface area contributed by atoms with Gasteiger partial charge in [0.1, 0.15) is 0 Å². The molecule has 4 nitrogen and oxygen atoms in total. The normalized spacial score (nSPS) is 12.6. The monoisotopic (exact) mass is 230 g/mol. The molecule has 1 unspecified atom stereocenters. The van der Waals surface area contributed by atoms with E-state index >= 15 is 0 Å². The van der Waals surface area contributed by atoms with Crippen molar-refractivity contribution in [2.45, 2.75) is 26.4 Å². The van der Waals surface area contributed by atoms with E-state index < -0.39 is 0 Å². The first-order valence-electron chi connectivity index (χ1n) is 5.85. The van der Waals surface area contributed by atoms with E-state index in [1.807, 2.05) is 31.8 Å². The van der Waals surface area contributed by atoms with Crippen LogP contribution in [0.3, 0.4) is 0 Å². The minimum atomic E-state index is 0.130. The Kier molecular flexibility index (Phi) is 3.54. The third-order valence-electron chi connectivity index (χ3n) is 2.98. The number of pyridine rings is 1. The van der Waals surface area contributed by atoms with E-state index in [1.54, 1.807) is 0 Å². The van der Waals surface area contributed by atoms with E-state index in [0.717, 1.165) is 12.2 Å². The van der Waals surface area contributed by atoms with Gasteiger partial charge in [-0.15, -0.1) is 0 Å². The number of nitrogens with one attached hydrogen (secondary N) is 1. The fourth-order valence-corrected chi connectivity index (χ4v) is 1.97. The Balaban J connectivity index is 2.36. The molecule has 2 rings (SSSR count). The Hall–Kier alpha value is -1.68. The molecular formula is C13H18N4. The zero-order valence-corrected chi connectivity index (χ0v) is 10.5. The van der Waals surface area contributed by atoms with Gasteiger partial charge >= 0.3 is 0 Å². The van der Waals surface area contributed by atoms with Gasteiger partial charge in [0.2, 0.25) is 0 Å². The SMILES string of the molecule is CCn1cnc(C(NC)c2ccncc2C)c1. The lowest BCUT2D eigenvalue weighted by Gasteiger charge is -2.16. The number of hydrogen-bond acceptors (Lipinski definition) is 3. The van der Waals surface area contributed by atoms with Crippen molar-refractivity contribution in [1.82, 2.24) is 19.9 Å². The van der Waals surface area contributed by atoms with E-state index in [-0.39, 0.29) is 6.04 Å². The van der Waals surface area contributed by atoms with Crippen LogP contribution in [0, 0.1) is 6.92 Å². The summed E-state index contributed by atoms with van der Waals surface area (Å²) in [7, 11) is 1.95. The maximum absolute atomic E-state index is 4.46. The summed E-state index contributed by atoms with van der Waals surface area (Å²) >= 11 is 0. The molecule has 4 heteroatoms. The van der Waals surface area contributed by atoms with Gasteiger partial charge in [-0.3, -0.25) is 4.98 Å². The maximum atomic E-state index is 4.46. The average Bonchev–Trinajstić information content (AvgIpc) is 2.81. The van der Waals surface area contributed by atoms with Crippen molar-refractivity contribution in [2.75, 3.05) is 7.05 Å². The number of hydrogen-bond donors (Lipinski definition) is 1. The summed E-state index contributed by atoms with van der Waals surface area (Å²) < 4.78 is 2.08. The van der Waals surface area contributed by atoms with Crippen LogP contribution in [0.2, 0.25) is 0 Å². The summed E-state index contributed by atoms with van der Waals surface area (Å²) in [6.45, 7) is 5.12. The molecule has 17 heavy (non-hydrogen) atoms. The molecule has 0 aliphatic carbocycles. The van der Waals surface area contributed by atoms with Crippen LogP contribution in [-0.2, 0) is 6.54 Å². The minimum absolute atomic E-state index is 0.130. The van der Waals surface area contributed by atoms with E-state index in [0.29, 0.717) is 0 Å². The highest BCUT2D eigenvalue weighted by molar-refractivity contribution is 5.31. The molecule has 0 saturated heterocycles. The molecule has 1 atom stereocenters. The molecule has 0 spiro atoms. The van der Waals surface area contributed by atoms with E-state index in [9.17, 15) is 0 Å². The summed E-state index contributed by atoms with van der Waals surface area (Å²) in [6, 6.07) is 2.17.